The van der Waals surface area contributed by atoms with Gasteiger partial charge in [0.15, 0.2) is 0 Å². The average molecular weight is 396 g/mol. The molecular weight excluding hydrogens is 366 g/mol. The molecule has 0 spiro atoms. The minimum absolute atomic E-state index is 0.887. The van der Waals surface area contributed by atoms with Crippen LogP contribution in [0.15, 0.2) is 72.9 Å². The maximum Gasteiger partial charge on any atom is 0.0899 e. The second-order valence-corrected chi connectivity index (χ2v) is 7.82. The van der Waals surface area contributed by atoms with Gasteiger partial charge in [-0.05, 0) is 84.8 Å². The van der Waals surface area contributed by atoms with Crippen molar-refractivity contribution >= 4 is 11.1 Å². The Labute approximate surface area is 179 Å². The lowest BCUT2D eigenvalue weighted by atomic mass is 9.94. The normalized spacial score (nSPS) is 14.4. The van der Waals surface area contributed by atoms with Crippen LogP contribution in [-0.2, 0) is 0 Å². The van der Waals surface area contributed by atoms with Crippen molar-refractivity contribution in [2.75, 3.05) is 0 Å². The predicted molar refractivity (Wildman–Crippen MR) is 126 cm³/mol. The van der Waals surface area contributed by atoms with Crippen molar-refractivity contribution in [2.24, 2.45) is 5.73 Å². The van der Waals surface area contributed by atoms with Crippen LogP contribution in [0.2, 0.25) is 0 Å². The van der Waals surface area contributed by atoms with Crippen LogP contribution in [0.3, 0.4) is 0 Å². The highest BCUT2D eigenvalue weighted by Gasteiger charge is 2.14. The van der Waals surface area contributed by atoms with E-state index in [0.717, 1.165) is 54.0 Å². The Morgan fingerprint density at radius 1 is 0.900 bits per heavy atom. The number of nitrogens with zero attached hydrogens (tertiary/aromatic N) is 2. The summed E-state index contributed by atoms with van der Waals surface area (Å²) in [5, 5.41) is 0. The Balaban J connectivity index is 1.82. The molecule has 1 aliphatic carbocycles. The van der Waals surface area contributed by atoms with E-state index >= 15 is 0 Å². The molecule has 2 heterocycles. The third-order valence-corrected chi connectivity index (χ3v) is 5.61. The number of allylic oxidation sites excluding steroid dienone is 3. The van der Waals surface area contributed by atoms with E-state index in [1.807, 2.05) is 18.2 Å². The van der Waals surface area contributed by atoms with Gasteiger partial charge in [0.25, 0.3) is 0 Å². The summed E-state index contributed by atoms with van der Waals surface area (Å²) in [7, 11) is 0. The second kappa shape index (κ2) is 9.53. The molecule has 2 N–H and O–H groups in total. The lowest BCUT2D eigenvalue weighted by molar-refractivity contribution is 0.740. The van der Waals surface area contributed by atoms with E-state index < -0.39 is 0 Å². The van der Waals surface area contributed by atoms with Crippen molar-refractivity contribution in [1.82, 2.24) is 9.97 Å². The van der Waals surface area contributed by atoms with Gasteiger partial charge in [-0.25, -0.2) is 9.97 Å². The molecule has 0 radical (unpaired) electrons. The molecule has 30 heavy (non-hydrogen) atoms. The van der Waals surface area contributed by atoms with Crippen LogP contribution >= 0.6 is 0 Å². The van der Waals surface area contributed by atoms with E-state index in [2.05, 4.69) is 55.5 Å². The van der Waals surface area contributed by atoms with Crippen molar-refractivity contribution < 1.29 is 0 Å². The van der Waals surface area contributed by atoms with Gasteiger partial charge in [0.1, 0.15) is 0 Å². The summed E-state index contributed by atoms with van der Waals surface area (Å²) in [5.74, 6) is 0. The molecule has 0 bridgehead atoms. The maximum absolute atomic E-state index is 5.88. The van der Waals surface area contributed by atoms with Gasteiger partial charge in [-0.2, -0.15) is 0 Å². The molecule has 3 nitrogen and oxygen atoms in total. The first-order valence-corrected chi connectivity index (χ1v) is 10.9. The zero-order valence-corrected chi connectivity index (χ0v) is 17.6. The van der Waals surface area contributed by atoms with Gasteiger partial charge in [-0.15, -0.1) is 0 Å². The summed E-state index contributed by atoms with van der Waals surface area (Å²) in [6.45, 7) is 2.16. The highest BCUT2D eigenvalue weighted by atomic mass is 14.8. The van der Waals surface area contributed by atoms with Gasteiger partial charge in [0.05, 0.1) is 22.8 Å². The van der Waals surface area contributed by atoms with Crippen molar-refractivity contribution in [3.8, 4) is 22.5 Å². The molecule has 4 rings (SSSR count). The second-order valence-electron chi connectivity index (χ2n) is 7.82. The van der Waals surface area contributed by atoms with E-state index in [-0.39, 0.29) is 0 Å². The summed E-state index contributed by atoms with van der Waals surface area (Å²) in [6, 6.07) is 21.0. The van der Waals surface area contributed by atoms with Crippen LogP contribution in [0.5, 0.6) is 0 Å². The number of pyridine rings is 2. The van der Waals surface area contributed by atoms with Gasteiger partial charge in [-0.3, -0.25) is 0 Å². The third-order valence-electron chi connectivity index (χ3n) is 5.61. The van der Waals surface area contributed by atoms with E-state index in [9.17, 15) is 0 Å². The highest BCUT2D eigenvalue weighted by molar-refractivity contribution is 5.76. The fourth-order valence-electron chi connectivity index (χ4n) is 4.02. The summed E-state index contributed by atoms with van der Waals surface area (Å²) in [4.78, 5) is 9.97. The van der Waals surface area contributed by atoms with E-state index in [1.54, 1.807) is 6.20 Å². The fourth-order valence-corrected chi connectivity index (χ4v) is 4.02. The van der Waals surface area contributed by atoms with Crippen LogP contribution in [0.4, 0.5) is 0 Å². The van der Waals surface area contributed by atoms with Crippen LogP contribution < -0.4 is 5.73 Å². The highest BCUT2D eigenvalue weighted by Crippen LogP contribution is 2.32. The lowest BCUT2D eigenvalue weighted by Gasteiger charge is -2.15. The van der Waals surface area contributed by atoms with Crippen molar-refractivity contribution in [3.63, 3.8) is 0 Å². The average Bonchev–Trinajstić information content (AvgIpc) is 2.83. The molecule has 2 aromatic heterocycles. The Kier molecular flexibility index (Phi) is 6.38. The number of aromatic nitrogens is 2. The largest absolute Gasteiger partial charge is 0.404 e. The van der Waals surface area contributed by atoms with Crippen LogP contribution in [0.1, 0.15) is 56.8 Å². The number of hydrogen-bond donors (Lipinski definition) is 1. The third kappa shape index (κ3) is 4.51. The number of nitrogens with two attached hydrogens (primary N) is 1. The topological polar surface area (TPSA) is 51.8 Å². The summed E-state index contributed by atoms with van der Waals surface area (Å²) < 4.78 is 0. The molecule has 0 saturated carbocycles. The standard InChI is InChI=1S/C27H29N3/c1-2-10-22(19-28)24-15-9-16-25(29-24)27-18-23(20-11-5-3-6-12-20)17-26(30-27)21-13-7-4-8-14-21/h3,5-6,9,11-13,15-19H,2,4,7-8,10,14,28H2,1H3/b22-19+. The van der Waals surface area contributed by atoms with Crippen LogP contribution in [0.25, 0.3) is 33.7 Å². The first-order chi connectivity index (χ1) is 14.8. The molecule has 0 aliphatic heterocycles. The molecule has 152 valence electrons. The molecule has 3 heteroatoms. The molecule has 1 aliphatic rings. The smallest absolute Gasteiger partial charge is 0.0899 e. The quantitative estimate of drug-likeness (QED) is 0.495. The van der Waals surface area contributed by atoms with E-state index in [4.69, 9.17) is 15.7 Å². The first-order valence-electron chi connectivity index (χ1n) is 10.9. The Morgan fingerprint density at radius 2 is 1.73 bits per heavy atom. The summed E-state index contributed by atoms with van der Waals surface area (Å²) >= 11 is 0. The lowest BCUT2D eigenvalue weighted by Crippen LogP contribution is -2.00. The number of rotatable bonds is 6. The van der Waals surface area contributed by atoms with Gasteiger partial charge in [-0.1, -0.05) is 55.8 Å². The first kappa shape index (κ1) is 20.1. The summed E-state index contributed by atoms with van der Waals surface area (Å²) in [6.07, 6.45) is 10.7. The number of benzene rings is 1. The van der Waals surface area contributed by atoms with Crippen LogP contribution in [-0.4, -0.2) is 9.97 Å². The predicted octanol–water partition coefficient (Wildman–Crippen LogP) is 6.87. The van der Waals surface area contributed by atoms with Crippen LogP contribution in [0, 0.1) is 0 Å². The minimum Gasteiger partial charge on any atom is -0.404 e. The number of hydrogen-bond acceptors (Lipinski definition) is 3. The van der Waals surface area contributed by atoms with Gasteiger partial charge >= 0.3 is 0 Å². The Bertz CT molecular complexity index is 1060. The minimum atomic E-state index is 0.887. The van der Waals surface area contributed by atoms with Crippen molar-refractivity contribution in [2.45, 2.75) is 45.4 Å². The Morgan fingerprint density at radius 3 is 2.47 bits per heavy atom. The molecule has 3 aromatic rings. The zero-order chi connectivity index (χ0) is 20.8. The SMILES string of the molecule is CCC/C(=C\N)c1cccc(-c2cc(-c3ccccc3)cc(C3=CCCCC3)n2)n1. The van der Waals surface area contributed by atoms with Crippen molar-refractivity contribution in [3.05, 3.63) is 84.3 Å². The Hall–Kier alpha value is -3.20. The van der Waals surface area contributed by atoms with Gasteiger partial charge < -0.3 is 5.73 Å². The summed E-state index contributed by atoms with van der Waals surface area (Å²) in [5.41, 5.74) is 14.5. The van der Waals surface area contributed by atoms with Gasteiger partial charge in [0.2, 0.25) is 0 Å². The van der Waals surface area contributed by atoms with Gasteiger partial charge in [0, 0.05) is 0 Å². The fraction of sp³-hybridized carbons (Fsp3) is 0.259. The molecular formula is C27H29N3. The molecule has 1 aromatic carbocycles. The molecule has 0 amide bonds. The van der Waals surface area contributed by atoms with E-state index in [0.29, 0.717) is 0 Å². The molecule has 0 unspecified atom stereocenters. The molecule has 0 saturated heterocycles. The van der Waals surface area contributed by atoms with Crippen molar-refractivity contribution in [1.29, 1.82) is 0 Å². The van der Waals surface area contributed by atoms with E-state index in [1.165, 1.54) is 29.5 Å². The zero-order valence-electron chi connectivity index (χ0n) is 17.6. The monoisotopic (exact) mass is 395 g/mol. The maximum atomic E-state index is 5.88. The molecule has 0 atom stereocenters. The molecule has 0 fully saturated rings.